The SMILES string of the molecule is O=S(=O)(CCc1ccc2c(c1)CCO2)N1CCC(c2c[nH]c3ncccc23)CC1. The fraction of sp³-hybridized carbons (Fsp3) is 0.409. The fourth-order valence-electron chi connectivity index (χ4n) is 4.53. The number of ether oxygens (including phenoxy) is 1. The number of fused-ring (bicyclic) bond motifs is 2. The third-order valence-corrected chi connectivity index (χ3v) is 8.04. The van der Waals surface area contributed by atoms with Crippen LogP contribution in [0.3, 0.4) is 0 Å². The second-order valence-electron chi connectivity index (χ2n) is 7.92. The van der Waals surface area contributed by atoms with E-state index >= 15 is 0 Å². The molecule has 0 unspecified atom stereocenters. The molecular weight excluding hydrogens is 386 g/mol. The van der Waals surface area contributed by atoms with Gasteiger partial charge in [-0.05, 0) is 60.1 Å². The fourth-order valence-corrected chi connectivity index (χ4v) is 6.05. The van der Waals surface area contributed by atoms with Crippen LogP contribution in [0.2, 0.25) is 0 Å². The van der Waals surface area contributed by atoms with Crippen molar-refractivity contribution in [2.45, 2.75) is 31.6 Å². The highest BCUT2D eigenvalue weighted by Gasteiger charge is 2.29. The monoisotopic (exact) mass is 411 g/mol. The van der Waals surface area contributed by atoms with Crippen molar-refractivity contribution in [1.82, 2.24) is 14.3 Å². The summed E-state index contributed by atoms with van der Waals surface area (Å²) in [6.45, 7) is 1.88. The number of aryl methyl sites for hydroxylation is 1. The highest BCUT2D eigenvalue weighted by molar-refractivity contribution is 7.89. The maximum atomic E-state index is 12.9. The number of sulfonamides is 1. The lowest BCUT2D eigenvalue weighted by atomic mass is 9.90. The molecule has 0 atom stereocenters. The van der Waals surface area contributed by atoms with Gasteiger partial charge in [-0.3, -0.25) is 0 Å². The van der Waals surface area contributed by atoms with E-state index in [1.54, 1.807) is 10.5 Å². The molecule has 7 heteroatoms. The number of H-pyrrole nitrogens is 1. The third-order valence-electron chi connectivity index (χ3n) is 6.17. The second kappa shape index (κ2) is 7.46. The van der Waals surface area contributed by atoms with E-state index in [-0.39, 0.29) is 5.75 Å². The Morgan fingerprint density at radius 1 is 1.21 bits per heavy atom. The Bertz CT molecular complexity index is 1130. The quantitative estimate of drug-likeness (QED) is 0.699. The van der Waals surface area contributed by atoms with E-state index in [0.29, 0.717) is 25.4 Å². The van der Waals surface area contributed by atoms with E-state index in [0.717, 1.165) is 48.2 Å². The number of pyridine rings is 1. The van der Waals surface area contributed by atoms with Gasteiger partial charge in [-0.25, -0.2) is 17.7 Å². The van der Waals surface area contributed by atoms with E-state index in [4.69, 9.17) is 4.74 Å². The summed E-state index contributed by atoms with van der Waals surface area (Å²) in [6, 6.07) is 10.1. The number of rotatable bonds is 5. The highest BCUT2D eigenvalue weighted by Crippen LogP contribution is 2.33. The molecule has 0 aliphatic carbocycles. The molecule has 3 aromatic rings. The Hall–Kier alpha value is -2.38. The van der Waals surface area contributed by atoms with Crippen LogP contribution in [0.15, 0.2) is 42.7 Å². The normalized spacial score (nSPS) is 18.1. The van der Waals surface area contributed by atoms with Crippen molar-refractivity contribution in [3.8, 4) is 5.75 Å². The molecule has 2 aromatic heterocycles. The van der Waals surface area contributed by atoms with Gasteiger partial charge >= 0.3 is 0 Å². The van der Waals surface area contributed by atoms with Gasteiger partial charge in [-0.1, -0.05) is 12.1 Å². The molecule has 5 rings (SSSR count). The molecule has 0 saturated carbocycles. The van der Waals surface area contributed by atoms with Crippen LogP contribution in [0.4, 0.5) is 0 Å². The van der Waals surface area contributed by atoms with Crippen molar-refractivity contribution in [3.05, 3.63) is 59.4 Å². The minimum absolute atomic E-state index is 0.161. The summed E-state index contributed by atoms with van der Waals surface area (Å²) in [5.41, 5.74) is 4.41. The molecule has 0 spiro atoms. The smallest absolute Gasteiger partial charge is 0.214 e. The van der Waals surface area contributed by atoms with Gasteiger partial charge < -0.3 is 9.72 Å². The summed E-state index contributed by atoms with van der Waals surface area (Å²) in [5, 5.41) is 1.15. The molecule has 29 heavy (non-hydrogen) atoms. The lowest BCUT2D eigenvalue weighted by Crippen LogP contribution is -2.39. The third kappa shape index (κ3) is 3.65. The van der Waals surface area contributed by atoms with Crippen LogP contribution in [-0.2, 0) is 22.9 Å². The first kappa shape index (κ1) is 18.6. The molecule has 4 heterocycles. The van der Waals surface area contributed by atoms with Gasteiger partial charge in [-0.2, -0.15) is 0 Å². The summed E-state index contributed by atoms with van der Waals surface area (Å²) in [4.78, 5) is 7.59. The molecule has 2 aliphatic heterocycles. The molecular formula is C22H25N3O3S. The predicted molar refractivity (Wildman–Crippen MR) is 113 cm³/mol. The molecule has 1 aromatic carbocycles. The van der Waals surface area contributed by atoms with E-state index in [1.165, 1.54) is 11.1 Å². The van der Waals surface area contributed by atoms with Gasteiger partial charge in [0, 0.05) is 37.3 Å². The first-order valence-corrected chi connectivity index (χ1v) is 11.9. The number of hydrogen-bond donors (Lipinski definition) is 1. The lowest BCUT2D eigenvalue weighted by Gasteiger charge is -2.31. The number of aromatic amines is 1. The number of nitrogens with one attached hydrogen (secondary N) is 1. The Balaban J connectivity index is 1.22. The average Bonchev–Trinajstić information content (AvgIpc) is 3.39. The molecule has 152 valence electrons. The van der Waals surface area contributed by atoms with Crippen molar-refractivity contribution < 1.29 is 13.2 Å². The number of aromatic nitrogens is 2. The minimum Gasteiger partial charge on any atom is -0.493 e. The maximum Gasteiger partial charge on any atom is 0.214 e. The summed E-state index contributed by atoms with van der Waals surface area (Å²) in [6.07, 6.45) is 6.96. The van der Waals surface area contributed by atoms with Crippen molar-refractivity contribution in [1.29, 1.82) is 0 Å². The molecule has 6 nitrogen and oxygen atoms in total. The summed E-state index contributed by atoms with van der Waals surface area (Å²) in [5.74, 6) is 1.47. The first-order chi connectivity index (χ1) is 14.1. The van der Waals surface area contributed by atoms with Crippen LogP contribution in [0.1, 0.15) is 35.4 Å². The number of piperidine rings is 1. The molecule has 0 bridgehead atoms. The van der Waals surface area contributed by atoms with Gasteiger partial charge in [-0.15, -0.1) is 0 Å². The van der Waals surface area contributed by atoms with Crippen LogP contribution in [0.25, 0.3) is 11.0 Å². The average molecular weight is 412 g/mol. The van der Waals surface area contributed by atoms with Gasteiger partial charge in [0.2, 0.25) is 10.0 Å². The largest absolute Gasteiger partial charge is 0.493 e. The van der Waals surface area contributed by atoms with Crippen molar-refractivity contribution in [2.24, 2.45) is 0 Å². The van der Waals surface area contributed by atoms with Crippen molar-refractivity contribution in [3.63, 3.8) is 0 Å². The van der Waals surface area contributed by atoms with Crippen LogP contribution >= 0.6 is 0 Å². The van der Waals surface area contributed by atoms with Gasteiger partial charge in [0.05, 0.1) is 12.4 Å². The Morgan fingerprint density at radius 3 is 2.93 bits per heavy atom. The standard InChI is InChI=1S/C22H25N3O3S/c26-29(27,13-8-16-3-4-21-18(14-16)7-12-28-21)25-10-5-17(6-11-25)20-15-24-22-19(20)2-1-9-23-22/h1-4,9,14-15,17H,5-8,10-13H2,(H,23,24). The zero-order chi connectivity index (χ0) is 19.8. The van der Waals surface area contributed by atoms with Gasteiger partial charge in [0.25, 0.3) is 0 Å². The van der Waals surface area contributed by atoms with E-state index in [1.807, 2.05) is 24.4 Å². The number of hydrogen-bond acceptors (Lipinski definition) is 4. The molecule has 1 N–H and O–H groups in total. The summed E-state index contributed by atoms with van der Waals surface area (Å²) >= 11 is 0. The second-order valence-corrected chi connectivity index (χ2v) is 10.0. The van der Waals surface area contributed by atoms with Crippen LogP contribution in [0.5, 0.6) is 5.75 Å². The molecule has 0 radical (unpaired) electrons. The zero-order valence-corrected chi connectivity index (χ0v) is 17.1. The van der Waals surface area contributed by atoms with Crippen LogP contribution in [-0.4, -0.2) is 48.1 Å². The molecule has 1 fully saturated rings. The Kier molecular flexibility index (Phi) is 4.80. The van der Waals surface area contributed by atoms with Crippen molar-refractivity contribution >= 4 is 21.1 Å². The summed E-state index contributed by atoms with van der Waals surface area (Å²) in [7, 11) is -3.25. The van der Waals surface area contributed by atoms with Crippen molar-refractivity contribution in [2.75, 3.05) is 25.4 Å². The molecule has 2 aliphatic rings. The highest BCUT2D eigenvalue weighted by atomic mass is 32.2. The number of nitrogens with zero attached hydrogens (tertiary/aromatic N) is 2. The predicted octanol–water partition coefficient (Wildman–Crippen LogP) is 3.25. The van der Waals surface area contributed by atoms with E-state index < -0.39 is 10.0 Å². The van der Waals surface area contributed by atoms with Gasteiger partial charge in [0.15, 0.2) is 0 Å². The van der Waals surface area contributed by atoms with Gasteiger partial charge in [0.1, 0.15) is 11.4 Å². The molecule has 0 amide bonds. The first-order valence-electron chi connectivity index (χ1n) is 10.2. The zero-order valence-electron chi connectivity index (χ0n) is 16.3. The lowest BCUT2D eigenvalue weighted by molar-refractivity contribution is 0.320. The topological polar surface area (TPSA) is 75.3 Å². The van der Waals surface area contributed by atoms with E-state index in [2.05, 4.69) is 22.1 Å². The van der Waals surface area contributed by atoms with Crippen LogP contribution < -0.4 is 4.74 Å². The molecule has 1 saturated heterocycles. The Labute approximate surface area is 171 Å². The summed E-state index contributed by atoms with van der Waals surface area (Å²) < 4.78 is 33.0. The maximum absolute atomic E-state index is 12.9. The minimum atomic E-state index is -3.25. The van der Waals surface area contributed by atoms with Crippen LogP contribution in [0, 0.1) is 0 Å². The number of benzene rings is 1. The Morgan fingerprint density at radius 2 is 2.07 bits per heavy atom. The van der Waals surface area contributed by atoms with E-state index in [9.17, 15) is 8.42 Å².